The molecule has 8 aromatic rings. The van der Waals surface area contributed by atoms with Crippen molar-refractivity contribution in [3.63, 3.8) is 0 Å². The van der Waals surface area contributed by atoms with E-state index in [2.05, 4.69) is 40.2 Å². The van der Waals surface area contributed by atoms with E-state index in [1.54, 1.807) is 59.3 Å². The number of fused-ring (bicyclic) bond motifs is 2. The average molecular weight is 797 g/mol. The summed E-state index contributed by atoms with van der Waals surface area (Å²) in [5, 5.41) is 4.30. The van der Waals surface area contributed by atoms with E-state index in [0.717, 1.165) is 23.9 Å². The number of nitrogens with one attached hydrogen (secondary N) is 1. The number of aromatic nitrogens is 10. The number of rotatable bonds is 7. The van der Waals surface area contributed by atoms with Crippen LogP contribution in [-0.2, 0) is 10.8 Å². The molecule has 12 nitrogen and oxygen atoms in total. The van der Waals surface area contributed by atoms with Gasteiger partial charge in [-0.1, -0.05) is 36.0 Å². The molecular weight excluding hydrogens is 767 g/mol. The Morgan fingerprint density at radius 1 is 0.636 bits per heavy atom. The molecule has 1 unspecified atom stereocenters. The van der Waals surface area contributed by atoms with Crippen LogP contribution in [0.4, 0.5) is 14.7 Å². The minimum atomic E-state index is -1.33. The van der Waals surface area contributed by atoms with Crippen LogP contribution in [0.15, 0.2) is 102 Å². The highest BCUT2D eigenvalue weighted by Gasteiger charge is 2.20. The first-order valence-electron chi connectivity index (χ1n) is 17.1. The van der Waals surface area contributed by atoms with E-state index >= 15 is 0 Å². The maximum Gasteiger partial charge on any atom is 0.224 e. The lowest BCUT2D eigenvalue weighted by Crippen LogP contribution is -2.17. The topological polar surface area (TPSA) is 142 Å². The van der Waals surface area contributed by atoms with Gasteiger partial charge in [0.15, 0.2) is 11.3 Å². The largest absolute Gasteiger partial charge is 0.351 e. The van der Waals surface area contributed by atoms with Gasteiger partial charge in [-0.2, -0.15) is 4.98 Å². The predicted octanol–water partition coefficient (Wildman–Crippen LogP) is 8.43. The van der Waals surface area contributed by atoms with Crippen molar-refractivity contribution in [1.82, 2.24) is 49.0 Å². The summed E-state index contributed by atoms with van der Waals surface area (Å²) in [6, 6.07) is 23.0. The van der Waals surface area contributed by atoms with Gasteiger partial charge in [0.25, 0.3) is 0 Å². The zero-order valence-electron chi connectivity index (χ0n) is 28.9. The average Bonchev–Trinajstić information content (AvgIpc) is 3.93. The first kappa shape index (κ1) is 36.2. The van der Waals surface area contributed by atoms with Crippen molar-refractivity contribution in [2.75, 3.05) is 11.6 Å². The molecule has 1 atom stereocenters. The normalized spacial score (nSPS) is 13.5. The van der Waals surface area contributed by atoms with Crippen molar-refractivity contribution in [1.29, 1.82) is 0 Å². The van der Waals surface area contributed by atoms with Gasteiger partial charge in [0, 0.05) is 35.8 Å². The molecule has 17 heteroatoms. The van der Waals surface area contributed by atoms with E-state index in [9.17, 15) is 13.0 Å². The molecule has 1 aliphatic rings. The molecule has 55 heavy (non-hydrogen) atoms. The number of imidazole rings is 2. The van der Waals surface area contributed by atoms with Gasteiger partial charge >= 0.3 is 0 Å². The Bertz CT molecular complexity index is 2690. The fraction of sp³-hybridized carbons (Fsp3) is 0.158. The van der Waals surface area contributed by atoms with Gasteiger partial charge in [-0.15, -0.1) is 0 Å². The van der Waals surface area contributed by atoms with Gasteiger partial charge in [0.05, 0.1) is 21.8 Å². The molecule has 6 aromatic heterocycles. The molecule has 0 radical (unpaired) electrons. The Labute approximate surface area is 325 Å². The Kier molecular flexibility index (Phi) is 10.2. The lowest BCUT2D eigenvalue weighted by Gasteiger charge is -2.13. The van der Waals surface area contributed by atoms with E-state index in [1.807, 2.05) is 16.7 Å². The van der Waals surface area contributed by atoms with Crippen molar-refractivity contribution in [3.05, 3.63) is 119 Å². The summed E-state index contributed by atoms with van der Waals surface area (Å²) in [4.78, 5) is 35.2. The second-order valence-corrected chi connectivity index (χ2v) is 14.6. The van der Waals surface area contributed by atoms with Crippen molar-refractivity contribution in [2.45, 2.75) is 36.9 Å². The molecule has 1 saturated carbocycles. The monoisotopic (exact) mass is 795 g/mol. The van der Waals surface area contributed by atoms with Crippen molar-refractivity contribution >= 4 is 62.3 Å². The maximum atomic E-state index is 13.4. The van der Waals surface area contributed by atoms with Gasteiger partial charge in [0.1, 0.15) is 45.2 Å². The summed E-state index contributed by atoms with van der Waals surface area (Å²) in [5.41, 5.74) is 3.79. The van der Waals surface area contributed by atoms with E-state index in [4.69, 9.17) is 28.2 Å². The summed E-state index contributed by atoms with van der Waals surface area (Å²) >= 11 is 12.1. The minimum Gasteiger partial charge on any atom is -0.351 e. The van der Waals surface area contributed by atoms with Crippen LogP contribution >= 0.6 is 23.2 Å². The quantitative estimate of drug-likeness (QED) is 0.123. The van der Waals surface area contributed by atoms with Gasteiger partial charge < -0.3 is 5.32 Å². The Hall–Kier alpha value is -5.77. The van der Waals surface area contributed by atoms with Crippen LogP contribution in [0.5, 0.6) is 0 Å². The summed E-state index contributed by atoms with van der Waals surface area (Å²) in [6.07, 6.45) is 9.48. The summed E-state index contributed by atoms with van der Waals surface area (Å²) < 4.78 is 42.2. The number of pyridine rings is 2. The fourth-order valence-electron chi connectivity index (χ4n) is 6.32. The molecule has 9 rings (SSSR count). The summed E-state index contributed by atoms with van der Waals surface area (Å²) in [6.45, 7) is 0. The number of halogens is 4. The Morgan fingerprint density at radius 2 is 1.13 bits per heavy atom. The predicted molar refractivity (Wildman–Crippen MR) is 208 cm³/mol. The second-order valence-electron chi connectivity index (χ2n) is 12.5. The van der Waals surface area contributed by atoms with E-state index < -0.39 is 10.8 Å². The van der Waals surface area contributed by atoms with Crippen molar-refractivity contribution in [3.8, 4) is 34.4 Å². The lowest BCUT2D eigenvalue weighted by molar-refractivity contribution is 0.627. The Morgan fingerprint density at radius 3 is 1.64 bits per heavy atom. The molecular formula is C38H29Cl2F2N11OS. The molecule has 0 saturated heterocycles. The van der Waals surface area contributed by atoms with Crippen LogP contribution in [0.25, 0.3) is 56.7 Å². The highest BCUT2D eigenvalue weighted by molar-refractivity contribution is 7.84. The van der Waals surface area contributed by atoms with Crippen LogP contribution in [0.3, 0.4) is 0 Å². The smallest absolute Gasteiger partial charge is 0.224 e. The molecule has 6 heterocycles. The van der Waals surface area contributed by atoms with E-state index in [0.29, 0.717) is 68.0 Å². The van der Waals surface area contributed by atoms with Gasteiger partial charge in [-0.05, 0) is 97.8 Å². The van der Waals surface area contributed by atoms with Crippen molar-refractivity contribution in [2.24, 2.45) is 0 Å². The van der Waals surface area contributed by atoms with Gasteiger partial charge in [-0.25, -0.2) is 43.7 Å². The van der Waals surface area contributed by atoms with Crippen molar-refractivity contribution < 1.29 is 13.0 Å². The lowest BCUT2D eigenvalue weighted by atomic mass is 10.2. The standard InChI is InChI=1S/C21H18ClFN6.C17H11ClFN5OS/c22-17-10-9-16-19(26-17)28-20(13-5-7-14(23)8-6-13)29(16)18-11-12-24-21(27-18)25-15-3-1-2-4-15;1-26(25)17-20-9-8-14(22-17)24-12-6-7-13(18)21-15(12)23-16(24)10-2-4-11(19)5-3-10/h5-12,15H,1-4H2,(H,24,25,27);2-9H,1H3. The van der Waals surface area contributed by atoms with Gasteiger partial charge in [0.2, 0.25) is 11.1 Å². The van der Waals surface area contributed by atoms with Crippen LogP contribution < -0.4 is 5.32 Å². The fourth-order valence-corrected chi connectivity index (χ4v) is 7.04. The zero-order chi connectivity index (χ0) is 38.1. The second kappa shape index (κ2) is 15.5. The third-order valence-electron chi connectivity index (χ3n) is 8.84. The molecule has 0 aliphatic heterocycles. The highest BCUT2D eigenvalue weighted by Crippen LogP contribution is 2.30. The number of nitrogens with zero attached hydrogens (tertiary/aromatic N) is 10. The molecule has 2 aromatic carbocycles. The van der Waals surface area contributed by atoms with Crippen LogP contribution in [0, 0.1) is 11.6 Å². The molecule has 1 fully saturated rings. The molecule has 276 valence electrons. The first-order chi connectivity index (χ1) is 26.7. The third-order valence-corrected chi connectivity index (χ3v) is 9.97. The van der Waals surface area contributed by atoms with Gasteiger partial charge in [-0.3, -0.25) is 13.3 Å². The van der Waals surface area contributed by atoms with Crippen LogP contribution in [0.1, 0.15) is 25.7 Å². The summed E-state index contributed by atoms with van der Waals surface area (Å²) in [7, 11) is -1.33. The maximum absolute atomic E-state index is 13.4. The number of anilines is 1. The van der Waals surface area contributed by atoms with E-state index in [1.165, 1.54) is 49.6 Å². The zero-order valence-corrected chi connectivity index (χ0v) is 31.3. The first-order valence-corrected chi connectivity index (χ1v) is 19.4. The number of hydrogen-bond donors (Lipinski definition) is 1. The molecule has 0 bridgehead atoms. The molecule has 0 spiro atoms. The SMILES string of the molecule is CS(=O)c1nccc(-n2c(-c3ccc(F)cc3)nc3nc(Cl)ccc32)n1.Fc1ccc(-c2nc3nc(Cl)ccc3n2-c2ccnc(NC3CCCC3)n2)cc1. The minimum absolute atomic E-state index is 0.205. The highest BCUT2D eigenvalue weighted by atomic mass is 35.5. The third kappa shape index (κ3) is 7.76. The molecule has 1 N–H and O–H groups in total. The Balaban J connectivity index is 0.000000156. The van der Waals surface area contributed by atoms with Crippen LogP contribution in [0.2, 0.25) is 10.3 Å². The van der Waals surface area contributed by atoms with E-state index in [-0.39, 0.29) is 16.8 Å². The summed E-state index contributed by atoms with van der Waals surface area (Å²) in [5.74, 6) is 2.21. The molecule has 0 amide bonds. The number of benzene rings is 2. The molecule has 1 aliphatic carbocycles. The van der Waals surface area contributed by atoms with Crippen LogP contribution in [-0.4, -0.2) is 65.5 Å². The number of hydrogen-bond acceptors (Lipinski definition) is 10.